The van der Waals surface area contributed by atoms with Gasteiger partial charge in [0.05, 0.1) is 17.0 Å². The minimum Gasteiger partial charge on any atom is -0.325 e. The summed E-state index contributed by atoms with van der Waals surface area (Å²) in [5.74, 6) is -0.748. The van der Waals surface area contributed by atoms with Crippen molar-refractivity contribution in [2.45, 2.75) is 18.0 Å². The van der Waals surface area contributed by atoms with Crippen molar-refractivity contribution in [3.63, 3.8) is 0 Å². The SMILES string of the molecule is Cc1ccc(S(=O)(=O)N(C)CC(=O)Nc2cccc(C(F)(F)F)c2)cc1. The Bertz CT molecular complexity index is 894. The largest absolute Gasteiger partial charge is 0.416 e. The average molecular weight is 386 g/mol. The van der Waals surface area contributed by atoms with E-state index in [-0.39, 0.29) is 10.6 Å². The highest BCUT2D eigenvalue weighted by molar-refractivity contribution is 7.89. The third-order valence-electron chi connectivity index (χ3n) is 3.57. The number of rotatable bonds is 5. The number of carbonyl (C=O) groups is 1. The summed E-state index contributed by atoms with van der Waals surface area (Å²) in [4.78, 5) is 12.0. The molecule has 2 rings (SSSR count). The van der Waals surface area contributed by atoms with Crippen molar-refractivity contribution in [2.75, 3.05) is 18.9 Å². The summed E-state index contributed by atoms with van der Waals surface area (Å²) in [5, 5.41) is 2.27. The first-order valence-electron chi connectivity index (χ1n) is 7.50. The first-order chi connectivity index (χ1) is 12.0. The second kappa shape index (κ2) is 7.46. The number of hydrogen-bond acceptors (Lipinski definition) is 3. The molecule has 0 aliphatic carbocycles. The zero-order valence-electron chi connectivity index (χ0n) is 14.0. The van der Waals surface area contributed by atoms with Gasteiger partial charge < -0.3 is 5.32 Å². The fourth-order valence-corrected chi connectivity index (χ4v) is 3.28. The minimum atomic E-state index is -4.54. The number of hydrogen-bond donors (Lipinski definition) is 1. The third-order valence-corrected chi connectivity index (χ3v) is 5.39. The van der Waals surface area contributed by atoms with Crippen molar-refractivity contribution in [3.8, 4) is 0 Å². The number of benzene rings is 2. The maximum atomic E-state index is 12.7. The van der Waals surface area contributed by atoms with Crippen molar-refractivity contribution in [1.82, 2.24) is 4.31 Å². The molecule has 0 radical (unpaired) electrons. The molecule has 0 bridgehead atoms. The lowest BCUT2D eigenvalue weighted by Crippen LogP contribution is -2.35. The van der Waals surface area contributed by atoms with E-state index in [9.17, 15) is 26.4 Å². The van der Waals surface area contributed by atoms with Crippen molar-refractivity contribution in [1.29, 1.82) is 0 Å². The van der Waals surface area contributed by atoms with Gasteiger partial charge in [0.15, 0.2) is 0 Å². The molecule has 2 aromatic rings. The summed E-state index contributed by atoms with van der Waals surface area (Å²) in [6, 6.07) is 10.2. The van der Waals surface area contributed by atoms with Crippen LogP contribution in [0.15, 0.2) is 53.4 Å². The zero-order valence-corrected chi connectivity index (χ0v) is 14.9. The molecule has 1 N–H and O–H groups in total. The number of likely N-dealkylation sites (N-methyl/N-ethyl adjacent to an activating group) is 1. The Morgan fingerprint density at radius 1 is 1.12 bits per heavy atom. The number of carbonyl (C=O) groups excluding carboxylic acids is 1. The van der Waals surface area contributed by atoms with Gasteiger partial charge in [0.2, 0.25) is 15.9 Å². The number of sulfonamides is 1. The summed E-state index contributed by atoms with van der Waals surface area (Å²) in [6.07, 6.45) is -4.54. The van der Waals surface area contributed by atoms with Crippen LogP contribution in [-0.2, 0) is 21.0 Å². The van der Waals surface area contributed by atoms with E-state index in [1.54, 1.807) is 12.1 Å². The Hall–Kier alpha value is -2.39. The molecule has 5 nitrogen and oxygen atoms in total. The van der Waals surface area contributed by atoms with Crippen LogP contribution in [0.25, 0.3) is 0 Å². The molecular weight excluding hydrogens is 369 g/mol. The van der Waals surface area contributed by atoms with Crippen molar-refractivity contribution < 1.29 is 26.4 Å². The fraction of sp³-hybridized carbons (Fsp3) is 0.235. The highest BCUT2D eigenvalue weighted by Crippen LogP contribution is 2.30. The molecule has 0 aliphatic rings. The standard InChI is InChI=1S/C17H17F3N2O3S/c1-12-6-8-15(9-7-12)26(24,25)22(2)11-16(23)21-14-5-3-4-13(10-14)17(18,19)20/h3-10H,11H2,1-2H3,(H,21,23). The average Bonchev–Trinajstić information content (AvgIpc) is 2.54. The predicted octanol–water partition coefficient (Wildman–Crippen LogP) is 3.27. The van der Waals surface area contributed by atoms with Crippen LogP contribution in [0.4, 0.5) is 18.9 Å². The normalized spacial score (nSPS) is 12.2. The molecule has 9 heteroatoms. The molecule has 0 fully saturated rings. The van der Waals surface area contributed by atoms with E-state index >= 15 is 0 Å². The highest BCUT2D eigenvalue weighted by Gasteiger charge is 2.30. The number of aryl methyl sites for hydroxylation is 1. The smallest absolute Gasteiger partial charge is 0.325 e. The van der Waals surface area contributed by atoms with Crippen LogP contribution < -0.4 is 5.32 Å². The molecule has 0 spiro atoms. The van der Waals surface area contributed by atoms with Crippen molar-refractivity contribution >= 4 is 21.6 Å². The molecule has 1 amide bonds. The lowest BCUT2D eigenvalue weighted by atomic mass is 10.2. The van der Waals surface area contributed by atoms with Gasteiger partial charge in [-0.2, -0.15) is 17.5 Å². The quantitative estimate of drug-likeness (QED) is 0.858. The number of alkyl halides is 3. The molecule has 0 aromatic heterocycles. The van der Waals surface area contributed by atoms with Gasteiger partial charge in [-0.25, -0.2) is 8.42 Å². The minimum absolute atomic E-state index is 0.0254. The van der Waals surface area contributed by atoms with Crippen LogP contribution in [0.3, 0.4) is 0 Å². The van der Waals surface area contributed by atoms with Gasteiger partial charge in [0, 0.05) is 12.7 Å². The molecule has 0 heterocycles. The number of nitrogens with one attached hydrogen (secondary N) is 1. The van der Waals surface area contributed by atoms with Crippen LogP contribution in [0.2, 0.25) is 0 Å². The van der Waals surface area contributed by atoms with E-state index < -0.39 is 34.2 Å². The van der Waals surface area contributed by atoms with Gasteiger partial charge in [-0.05, 0) is 37.3 Å². The molecule has 0 saturated heterocycles. The summed E-state index contributed by atoms with van der Waals surface area (Å²) >= 11 is 0. The first kappa shape index (κ1) is 19.9. The van der Waals surface area contributed by atoms with E-state index in [2.05, 4.69) is 5.32 Å². The number of anilines is 1. The lowest BCUT2D eigenvalue weighted by Gasteiger charge is -2.17. The fourth-order valence-electron chi connectivity index (χ4n) is 2.15. The Balaban J connectivity index is 2.09. The van der Waals surface area contributed by atoms with E-state index in [0.717, 1.165) is 28.1 Å². The predicted molar refractivity (Wildman–Crippen MR) is 91.1 cm³/mol. The highest BCUT2D eigenvalue weighted by atomic mass is 32.2. The maximum Gasteiger partial charge on any atom is 0.416 e. The van der Waals surface area contributed by atoms with Crippen LogP contribution in [0.5, 0.6) is 0 Å². The molecule has 26 heavy (non-hydrogen) atoms. The van der Waals surface area contributed by atoms with Gasteiger partial charge in [0.25, 0.3) is 0 Å². The molecule has 0 saturated carbocycles. The van der Waals surface area contributed by atoms with Gasteiger partial charge in [-0.3, -0.25) is 4.79 Å². The number of amides is 1. The van der Waals surface area contributed by atoms with Crippen LogP contribution in [-0.4, -0.2) is 32.2 Å². The van der Waals surface area contributed by atoms with Crippen LogP contribution in [0, 0.1) is 6.92 Å². The Labute approximate surface area is 149 Å². The molecule has 0 aliphatic heterocycles. The van der Waals surface area contributed by atoms with E-state index in [4.69, 9.17) is 0 Å². The first-order valence-corrected chi connectivity index (χ1v) is 8.94. The Kier molecular flexibility index (Phi) is 5.72. The maximum absolute atomic E-state index is 12.7. The van der Waals surface area contributed by atoms with Crippen molar-refractivity contribution in [3.05, 3.63) is 59.7 Å². The van der Waals surface area contributed by atoms with Crippen LogP contribution >= 0.6 is 0 Å². The van der Waals surface area contributed by atoms with E-state index in [1.807, 2.05) is 6.92 Å². The second-order valence-electron chi connectivity index (χ2n) is 5.70. The third kappa shape index (κ3) is 4.83. The van der Waals surface area contributed by atoms with Gasteiger partial charge >= 0.3 is 6.18 Å². The van der Waals surface area contributed by atoms with Gasteiger partial charge in [-0.15, -0.1) is 0 Å². The van der Waals surface area contributed by atoms with Crippen molar-refractivity contribution in [2.24, 2.45) is 0 Å². The summed E-state index contributed by atoms with van der Waals surface area (Å²) in [5.41, 5.74) is -0.0872. The summed E-state index contributed by atoms with van der Waals surface area (Å²) in [6.45, 7) is 1.27. The van der Waals surface area contributed by atoms with E-state index in [0.29, 0.717) is 0 Å². The molecule has 0 unspecified atom stereocenters. The molecule has 140 valence electrons. The monoisotopic (exact) mass is 386 g/mol. The number of halogens is 3. The van der Waals surface area contributed by atoms with Crippen LogP contribution in [0.1, 0.15) is 11.1 Å². The molecule has 2 aromatic carbocycles. The topological polar surface area (TPSA) is 66.5 Å². The van der Waals surface area contributed by atoms with Gasteiger partial charge in [-0.1, -0.05) is 23.8 Å². The molecule has 0 atom stereocenters. The van der Waals surface area contributed by atoms with Gasteiger partial charge in [0.1, 0.15) is 0 Å². The zero-order chi connectivity index (χ0) is 19.5. The molecular formula is C17H17F3N2O3S. The Morgan fingerprint density at radius 2 is 1.73 bits per heavy atom. The number of nitrogens with zero attached hydrogens (tertiary/aromatic N) is 1. The summed E-state index contributed by atoms with van der Waals surface area (Å²) in [7, 11) is -2.66. The van der Waals surface area contributed by atoms with E-state index in [1.165, 1.54) is 25.2 Å². The lowest BCUT2D eigenvalue weighted by molar-refractivity contribution is -0.137. The Morgan fingerprint density at radius 3 is 2.31 bits per heavy atom. The summed E-state index contributed by atoms with van der Waals surface area (Å²) < 4.78 is 63.7. The second-order valence-corrected chi connectivity index (χ2v) is 7.75.